The summed E-state index contributed by atoms with van der Waals surface area (Å²) >= 11 is 0. The maximum atomic E-state index is 6.08. The van der Waals surface area contributed by atoms with Crippen LogP contribution in [0.2, 0.25) is 0 Å². The molecule has 0 radical (unpaired) electrons. The molecule has 0 amide bonds. The zero-order valence-electron chi connectivity index (χ0n) is 11.9. The lowest BCUT2D eigenvalue weighted by Gasteiger charge is -2.47. The lowest BCUT2D eigenvalue weighted by molar-refractivity contribution is -0.0636. The van der Waals surface area contributed by atoms with E-state index in [1.54, 1.807) is 0 Å². The summed E-state index contributed by atoms with van der Waals surface area (Å²) in [6, 6.07) is 0. The fourth-order valence-corrected chi connectivity index (χ4v) is 3.34. The fourth-order valence-electron chi connectivity index (χ4n) is 3.34. The fraction of sp³-hybridized carbons (Fsp3) is 1.00. The average molecular weight is 256 g/mol. The molecule has 2 aliphatic heterocycles. The van der Waals surface area contributed by atoms with Gasteiger partial charge in [0.25, 0.3) is 0 Å². The molecule has 0 spiro atoms. The summed E-state index contributed by atoms with van der Waals surface area (Å²) in [6.45, 7) is 6.73. The second-order valence-corrected chi connectivity index (χ2v) is 6.00. The van der Waals surface area contributed by atoms with Crippen LogP contribution in [0.3, 0.4) is 0 Å². The minimum Gasteiger partial charge on any atom is -0.381 e. The molecule has 2 saturated heterocycles. The number of nitrogens with two attached hydrogens (primary N) is 1. The zero-order chi connectivity index (χ0) is 13.0. The first-order valence-corrected chi connectivity index (χ1v) is 7.27. The number of rotatable bonds is 4. The second kappa shape index (κ2) is 6.33. The molecule has 18 heavy (non-hydrogen) atoms. The monoisotopic (exact) mass is 256 g/mol. The molecule has 0 aliphatic carbocycles. The number of hydrogen-bond acceptors (Lipinski definition) is 4. The Morgan fingerprint density at radius 1 is 1.28 bits per heavy atom. The Morgan fingerprint density at radius 3 is 2.61 bits per heavy atom. The van der Waals surface area contributed by atoms with Gasteiger partial charge in [-0.3, -0.25) is 4.90 Å². The van der Waals surface area contributed by atoms with E-state index in [4.69, 9.17) is 15.2 Å². The van der Waals surface area contributed by atoms with Crippen LogP contribution in [0.15, 0.2) is 0 Å². The van der Waals surface area contributed by atoms with Crippen molar-refractivity contribution in [2.45, 2.75) is 44.2 Å². The smallest absolute Gasteiger partial charge is 0.0565 e. The Bertz CT molecular complexity index is 256. The van der Waals surface area contributed by atoms with Crippen LogP contribution < -0.4 is 5.73 Å². The first kappa shape index (κ1) is 14.3. The molecule has 2 rings (SSSR count). The molecule has 2 heterocycles. The molecule has 0 aromatic rings. The Hall–Kier alpha value is -0.160. The van der Waals surface area contributed by atoms with Crippen molar-refractivity contribution in [1.82, 2.24) is 4.90 Å². The topological polar surface area (TPSA) is 47.7 Å². The summed E-state index contributed by atoms with van der Waals surface area (Å²) in [5.74, 6) is 0.769. The van der Waals surface area contributed by atoms with Crippen LogP contribution in [-0.2, 0) is 9.47 Å². The molecular weight excluding hydrogens is 228 g/mol. The highest BCUT2D eigenvalue weighted by atomic mass is 16.5. The largest absolute Gasteiger partial charge is 0.381 e. The van der Waals surface area contributed by atoms with E-state index in [1.165, 1.54) is 12.8 Å². The van der Waals surface area contributed by atoms with Gasteiger partial charge in [-0.25, -0.2) is 0 Å². The third-order valence-electron chi connectivity index (χ3n) is 4.70. The van der Waals surface area contributed by atoms with Crippen LogP contribution in [0, 0.1) is 5.92 Å². The van der Waals surface area contributed by atoms with E-state index in [2.05, 4.69) is 18.9 Å². The highest BCUT2D eigenvalue weighted by Crippen LogP contribution is 2.31. The summed E-state index contributed by atoms with van der Waals surface area (Å²) < 4.78 is 11.1. The van der Waals surface area contributed by atoms with E-state index >= 15 is 0 Å². The first-order chi connectivity index (χ1) is 8.66. The molecule has 4 heteroatoms. The minimum atomic E-state index is 0.149. The maximum Gasteiger partial charge on any atom is 0.0565 e. The molecule has 2 aliphatic rings. The molecule has 2 unspecified atom stereocenters. The van der Waals surface area contributed by atoms with Crippen molar-refractivity contribution < 1.29 is 9.47 Å². The van der Waals surface area contributed by atoms with Crippen molar-refractivity contribution in [2.24, 2.45) is 11.7 Å². The third-order valence-corrected chi connectivity index (χ3v) is 4.70. The van der Waals surface area contributed by atoms with Crippen LogP contribution in [0.1, 0.15) is 32.6 Å². The highest BCUT2D eigenvalue weighted by Gasteiger charge is 2.38. The van der Waals surface area contributed by atoms with Gasteiger partial charge in [-0.05, 0) is 45.6 Å². The van der Waals surface area contributed by atoms with E-state index in [1.807, 2.05) is 0 Å². The van der Waals surface area contributed by atoms with E-state index in [0.29, 0.717) is 6.10 Å². The summed E-state index contributed by atoms with van der Waals surface area (Å²) in [4.78, 5) is 2.50. The molecule has 2 atom stereocenters. The Morgan fingerprint density at radius 2 is 2.00 bits per heavy atom. The lowest BCUT2D eigenvalue weighted by atomic mass is 9.84. The SMILES string of the molecule is CC1CC(CN)(N(C)CC2CCOCC2)CCO1. The van der Waals surface area contributed by atoms with Crippen molar-refractivity contribution >= 4 is 0 Å². The Labute approximate surface area is 111 Å². The average Bonchev–Trinajstić information content (AvgIpc) is 2.39. The van der Waals surface area contributed by atoms with Gasteiger partial charge in [0.1, 0.15) is 0 Å². The van der Waals surface area contributed by atoms with E-state index < -0.39 is 0 Å². The van der Waals surface area contributed by atoms with Gasteiger partial charge in [0, 0.05) is 38.4 Å². The number of ether oxygens (including phenoxy) is 2. The van der Waals surface area contributed by atoms with Gasteiger partial charge in [-0.2, -0.15) is 0 Å². The van der Waals surface area contributed by atoms with E-state index in [9.17, 15) is 0 Å². The van der Waals surface area contributed by atoms with E-state index in [-0.39, 0.29) is 5.54 Å². The van der Waals surface area contributed by atoms with Crippen molar-refractivity contribution in [3.8, 4) is 0 Å². The van der Waals surface area contributed by atoms with Gasteiger partial charge < -0.3 is 15.2 Å². The quantitative estimate of drug-likeness (QED) is 0.822. The molecule has 106 valence electrons. The predicted octanol–water partition coefficient (Wildman–Crippen LogP) is 1.24. The zero-order valence-corrected chi connectivity index (χ0v) is 11.9. The van der Waals surface area contributed by atoms with Gasteiger partial charge in [-0.1, -0.05) is 0 Å². The summed E-state index contributed by atoms with van der Waals surface area (Å²) in [7, 11) is 2.24. The molecule has 4 nitrogen and oxygen atoms in total. The van der Waals surface area contributed by atoms with Gasteiger partial charge in [0.05, 0.1) is 6.10 Å². The molecule has 0 saturated carbocycles. The summed E-state index contributed by atoms with van der Waals surface area (Å²) in [6.07, 6.45) is 4.84. The van der Waals surface area contributed by atoms with Crippen molar-refractivity contribution in [3.05, 3.63) is 0 Å². The minimum absolute atomic E-state index is 0.149. The molecule has 0 aromatic heterocycles. The van der Waals surface area contributed by atoms with E-state index in [0.717, 1.165) is 51.7 Å². The number of hydrogen-bond donors (Lipinski definition) is 1. The van der Waals surface area contributed by atoms with Crippen molar-refractivity contribution in [2.75, 3.05) is 40.0 Å². The molecule has 0 bridgehead atoms. The van der Waals surface area contributed by atoms with Crippen molar-refractivity contribution in [3.63, 3.8) is 0 Å². The van der Waals surface area contributed by atoms with Gasteiger partial charge in [0.2, 0.25) is 0 Å². The van der Waals surface area contributed by atoms with Crippen LogP contribution >= 0.6 is 0 Å². The Balaban J connectivity index is 1.93. The van der Waals surface area contributed by atoms with Crippen molar-refractivity contribution in [1.29, 1.82) is 0 Å². The van der Waals surface area contributed by atoms with Gasteiger partial charge in [0.15, 0.2) is 0 Å². The van der Waals surface area contributed by atoms with Crippen LogP contribution in [0.4, 0.5) is 0 Å². The second-order valence-electron chi connectivity index (χ2n) is 6.00. The van der Waals surface area contributed by atoms with Crippen LogP contribution in [0.5, 0.6) is 0 Å². The molecule has 2 N–H and O–H groups in total. The molecular formula is C14H28N2O2. The predicted molar refractivity (Wildman–Crippen MR) is 72.6 cm³/mol. The van der Waals surface area contributed by atoms with Gasteiger partial charge in [-0.15, -0.1) is 0 Å². The van der Waals surface area contributed by atoms with Crippen LogP contribution in [0.25, 0.3) is 0 Å². The van der Waals surface area contributed by atoms with Crippen LogP contribution in [-0.4, -0.2) is 56.5 Å². The number of likely N-dealkylation sites (N-methyl/N-ethyl adjacent to an activating group) is 1. The molecule has 0 aromatic carbocycles. The first-order valence-electron chi connectivity index (χ1n) is 7.27. The molecule has 2 fully saturated rings. The summed E-state index contributed by atoms with van der Waals surface area (Å²) in [5.41, 5.74) is 6.23. The highest BCUT2D eigenvalue weighted by molar-refractivity contribution is 4.95. The lowest BCUT2D eigenvalue weighted by Crippen LogP contribution is -2.58. The Kier molecular flexibility index (Phi) is 5.01. The van der Waals surface area contributed by atoms with Gasteiger partial charge >= 0.3 is 0 Å². The normalized spacial score (nSPS) is 35.0. The number of nitrogens with zero attached hydrogens (tertiary/aromatic N) is 1. The third kappa shape index (κ3) is 3.23. The standard InChI is InChI=1S/C14H28N2O2/c1-12-9-14(11-15,5-8-18-12)16(2)10-13-3-6-17-7-4-13/h12-13H,3-11,15H2,1-2H3. The maximum absolute atomic E-state index is 6.08. The summed E-state index contributed by atoms with van der Waals surface area (Å²) in [5, 5.41) is 0.